The zero-order chi connectivity index (χ0) is 11.4. The maximum Gasteiger partial charge on any atom is 0.162 e. The Kier molecular flexibility index (Phi) is 4.71. The van der Waals surface area contributed by atoms with E-state index in [1.54, 1.807) is 11.8 Å². The average molecular weight is 262 g/mol. The number of nitriles is 1. The van der Waals surface area contributed by atoms with Gasteiger partial charge in [0.25, 0.3) is 0 Å². The van der Waals surface area contributed by atoms with Crippen molar-refractivity contribution in [2.45, 2.75) is 13.0 Å². The molecular formula is C9H12ClN3S2. The SMILES string of the molecule is CSCC(C)N(C)c1snc(Cl)c1C#N. The van der Waals surface area contributed by atoms with Gasteiger partial charge in [0.15, 0.2) is 5.15 Å². The maximum absolute atomic E-state index is 8.95. The molecule has 0 radical (unpaired) electrons. The Labute approximate surface area is 103 Å². The summed E-state index contributed by atoms with van der Waals surface area (Å²) in [5.74, 6) is 1.01. The van der Waals surface area contributed by atoms with Crippen molar-refractivity contribution in [3.8, 4) is 6.07 Å². The second-order valence-electron chi connectivity index (χ2n) is 3.18. The van der Waals surface area contributed by atoms with E-state index < -0.39 is 0 Å². The topological polar surface area (TPSA) is 39.9 Å². The normalized spacial score (nSPS) is 12.2. The number of anilines is 1. The van der Waals surface area contributed by atoms with E-state index in [1.165, 1.54) is 11.5 Å². The number of nitrogens with zero attached hydrogens (tertiary/aromatic N) is 3. The molecule has 1 rings (SSSR count). The van der Waals surface area contributed by atoms with Crippen LogP contribution in [0.4, 0.5) is 5.00 Å². The molecule has 6 heteroatoms. The fraction of sp³-hybridized carbons (Fsp3) is 0.556. The Hall–Kier alpha value is -0.440. The molecule has 1 unspecified atom stereocenters. The van der Waals surface area contributed by atoms with E-state index >= 15 is 0 Å². The highest BCUT2D eigenvalue weighted by Gasteiger charge is 2.18. The van der Waals surface area contributed by atoms with Gasteiger partial charge in [-0.3, -0.25) is 0 Å². The van der Waals surface area contributed by atoms with E-state index in [9.17, 15) is 0 Å². The Morgan fingerprint density at radius 2 is 2.40 bits per heavy atom. The Morgan fingerprint density at radius 3 is 2.93 bits per heavy atom. The molecule has 1 atom stereocenters. The molecule has 0 saturated carbocycles. The highest BCUT2D eigenvalue weighted by molar-refractivity contribution is 7.98. The van der Waals surface area contributed by atoms with Gasteiger partial charge >= 0.3 is 0 Å². The number of hydrogen-bond donors (Lipinski definition) is 0. The molecule has 0 aromatic carbocycles. The second kappa shape index (κ2) is 5.59. The third kappa shape index (κ3) is 2.77. The summed E-state index contributed by atoms with van der Waals surface area (Å²) in [6.45, 7) is 2.12. The minimum atomic E-state index is 0.306. The van der Waals surface area contributed by atoms with Gasteiger partial charge in [0.2, 0.25) is 0 Å². The van der Waals surface area contributed by atoms with Gasteiger partial charge in [0, 0.05) is 18.8 Å². The lowest BCUT2D eigenvalue weighted by Gasteiger charge is -2.24. The van der Waals surface area contributed by atoms with Gasteiger partial charge in [-0.15, -0.1) is 0 Å². The first-order chi connectivity index (χ1) is 7.11. The van der Waals surface area contributed by atoms with E-state index in [-0.39, 0.29) is 0 Å². The second-order valence-corrected chi connectivity index (χ2v) is 5.20. The van der Waals surface area contributed by atoms with Gasteiger partial charge in [-0.2, -0.15) is 21.4 Å². The quantitative estimate of drug-likeness (QED) is 0.836. The van der Waals surface area contributed by atoms with E-state index in [0.717, 1.165) is 10.8 Å². The van der Waals surface area contributed by atoms with Crippen LogP contribution in [0.3, 0.4) is 0 Å². The van der Waals surface area contributed by atoms with Crippen molar-refractivity contribution in [3.63, 3.8) is 0 Å². The smallest absolute Gasteiger partial charge is 0.162 e. The van der Waals surface area contributed by atoms with Crippen LogP contribution in [-0.2, 0) is 0 Å². The monoisotopic (exact) mass is 261 g/mol. The van der Waals surface area contributed by atoms with Crippen molar-refractivity contribution in [2.24, 2.45) is 0 Å². The van der Waals surface area contributed by atoms with Gasteiger partial charge in [0.05, 0.1) is 0 Å². The van der Waals surface area contributed by atoms with Gasteiger partial charge in [0.1, 0.15) is 16.6 Å². The number of halogens is 1. The molecule has 1 heterocycles. The van der Waals surface area contributed by atoms with Gasteiger partial charge < -0.3 is 4.90 Å². The number of rotatable bonds is 4. The molecule has 0 fully saturated rings. The highest BCUT2D eigenvalue weighted by atomic mass is 35.5. The lowest BCUT2D eigenvalue weighted by atomic mass is 10.3. The van der Waals surface area contributed by atoms with Crippen LogP contribution < -0.4 is 4.90 Å². The summed E-state index contributed by atoms with van der Waals surface area (Å²) in [6.07, 6.45) is 2.06. The molecule has 0 N–H and O–H groups in total. The van der Waals surface area contributed by atoms with E-state index in [1.807, 2.05) is 7.05 Å². The lowest BCUT2D eigenvalue weighted by Crippen LogP contribution is -2.30. The molecule has 1 aromatic heterocycles. The van der Waals surface area contributed by atoms with Crippen LogP contribution in [0.15, 0.2) is 0 Å². The zero-order valence-electron chi connectivity index (χ0n) is 8.82. The first-order valence-corrected chi connectivity index (χ1v) is 6.93. The van der Waals surface area contributed by atoms with Crippen molar-refractivity contribution in [3.05, 3.63) is 10.7 Å². The third-order valence-corrected chi connectivity index (χ3v) is 4.26. The molecule has 0 aliphatic heterocycles. The van der Waals surface area contributed by atoms with Crippen LogP contribution in [0.5, 0.6) is 0 Å². The third-order valence-electron chi connectivity index (χ3n) is 2.13. The van der Waals surface area contributed by atoms with Crippen molar-refractivity contribution in [2.75, 3.05) is 24.0 Å². The van der Waals surface area contributed by atoms with Crippen LogP contribution in [0.2, 0.25) is 5.15 Å². The van der Waals surface area contributed by atoms with Crippen LogP contribution >= 0.6 is 34.9 Å². The standard InChI is InChI=1S/C9H12ClN3S2/c1-6(5-14-3)13(2)9-7(4-11)8(10)12-15-9/h6H,5H2,1-3H3. The van der Waals surface area contributed by atoms with Crippen LogP contribution in [0.25, 0.3) is 0 Å². The Morgan fingerprint density at radius 1 is 1.73 bits per heavy atom. The minimum Gasteiger partial charge on any atom is -0.361 e. The van der Waals surface area contributed by atoms with Gasteiger partial charge in [-0.05, 0) is 24.7 Å². The summed E-state index contributed by atoms with van der Waals surface area (Å²) >= 11 is 8.87. The van der Waals surface area contributed by atoms with Gasteiger partial charge in [-0.25, -0.2) is 0 Å². The molecule has 0 amide bonds. The van der Waals surface area contributed by atoms with Gasteiger partial charge in [-0.1, -0.05) is 11.6 Å². The van der Waals surface area contributed by atoms with Crippen LogP contribution in [-0.4, -0.2) is 29.5 Å². The summed E-state index contributed by atoms with van der Waals surface area (Å²) in [5.41, 5.74) is 0.483. The first kappa shape index (κ1) is 12.6. The largest absolute Gasteiger partial charge is 0.361 e. The fourth-order valence-electron chi connectivity index (χ4n) is 1.15. The molecule has 0 saturated heterocycles. The summed E-state index contributed by atoms with van der Waals surface area (Å²) in [7, 11) is 1.96. The summed E-state index contributed by atoms with van der Waals surface area (Å²) in [6, 6.07) is 2.45. The molecular weight excluding hydrogens is 250 g/mol. The molecule has 82 valence electrons. The predicted molar refractivity (Wildman–Crippen MR) is 68.1 cm³/mol. The molecule has 0 bridgehead atoms. The Bertz CT molecular complexity index is 372. The molecule has 0 aliphatic rings. The minimum absolute atomic E-state index is 0.306. The summed E-state index contributed by atoms with van der Waals surface area (Å²) in [4.78, 5) is 2.05. The zero-order valence-corrected chi connectivity index (χ0v) is 11.2. The van der Waals surface area contributed by atoms with E-state index in [0.29, 0.717) is 16.8 Å². The number of hydrogen-bond acceptors (Lipinski definition) is 5. The maximum atomic E-state index is 8.95. The highest BCUT2D eigenvalue weighted by Crippen LogP contribution is 2.31. The molecule has 0 aliphatic carbocycles. The van der Waals surface area contributed by atoms with Crippen LogP contribution in [0.1, 0.15) is 12.5 Å². The molecule has 3 nitrogen and oxygen atoms in total. The van der Waals surface area contributed by atoms with Crippen molar-refractivity contribution in [1.29, 1.82) is 5.26 Å². The number of aromatic nitrogens is 1. The summed E-state index contributed by atoms with van der Waals surface area (Å²) < 4.78 is 3.99. The van der Waals surface area contributed by atoms with Crippen LogP contribution in [0, 0.1) is 11.3 Å². The average Bonchev–Trinajstić information content (AvgIpc) is 2.58. The molecule has 0 spiro atoms. The lowest BCUT2D eigenvalue weighted by molar-refractivity contribution is 0.771. The van der Waals surface area contributed by atoms with E-state index in [2.05, 4.69) is 28.5 Å². The van der Waals surface area contributed by atoms with Crippen molar-refractivity contribution in [1.82, 2.24) is 4.37 Å². The first-order valence-electron chi connectivity index (χ1n) is 4.38. The van der Waals surface area contributed by atoms with Crippen molar-refractivity contribution < 1.29 is 0 Å². The van der Waals surface area contributed by atoms with E-state index in [4.69, 9.17) is 16.9 Å². The molecule has 1 aromatic rings. The molecule has 15 heavy (non-hydrogen) atoms. The Balaban J connectivity index is 2.91. The predicted octanol–water partition coefficient (Wildman–Crippen LogP) is 2.86. The summed E-state index contributed by atoms with van der Waals surface area (Å²) in [5, 5.41) is 10.1. The fourth-order valence-corrected chi connectivity index (χ4v) is 2.95. The number of thioether (sulfide) groups is 1. The van der Waals surface area contributed by atoms with Crippen molar-refractivity contribution >= 4 is 39.9 Å².